The predicted octanol–water partition coefficient (Wildman–Crippen LogP) is 2.72. The Balaban J connectivity index is 0.00000162. The third-order valence-electron chi connectivity index (χ3n) is 2.32. The second-order valence-electron chi connectivity index (χ2n) is 3.55. The molecule has 4 nitrogen and oxygen atoms in total. The molecule has 1 fully saturated rings. The maximum absolute atomic E-state index is 11.8. The van der Waals surface area contributed by atoms with Gasteiger partial charge in [-0.1, -0.05) is 23.2 Å². The van der Waals surface area contributed by atoms with Crippen LogP contribution in [0, 0.1) is 0 Å². The molecule has 1 aliphatic rings. The molecule has 8 heteroatoms. The van der Waals surface area contributed by atoms with E-state index in [2.05, 4.69) is 10.6 Å². The van der Waals surface area contributed by atoms with Crippen molar-refractivity contribution in [3.8, 4) is 5.75 Å². The normalized spacial score (nSPS) is 18.2. The van der Waals surface area contributed by atoms with E-state index in [0.717, 1.165) is 11.6 Å². The second kappa shape index (κ2) is 6.73. The number of aromatic hydroxyl groups is 1. The molecule has 18 heavy (non-hydrogen) atoms. The Labute approximate surface area is 125 Å². The van der Waals surface area contributed by atoms with Crippen LogP contribution in [0.5, 0.6) is 5.75 Å². The van der Waals surface area contributed by atoms with Gasteiger partial charge < -0.3 is 10.4 Å². The predicted molar refractivity (Wildman–Crippen MR) is 78.3 cm³/mol. The summed E-state index contributed by atoms with van der Waals surface area (Å²) in [4.78, 5) is 11.8. The van der Waals surface area contributed by atoms with Crippen LogP contribution in [0.1, 0.15) is 0 Å². The van der Waals surface area contributed by atoms with E-state index in [9.17, 15) is 9.90 Å². The van der Waals surface area contributed by atoms with Gasteiger partial charge in [0.15, 0.2) is 5.75 Å². The van der Waals surface area contributed by atoms with Gasteiger partial charge in [0.25, 0.3) is 0 Å². The number of halogens is 3. The van der Waals surface area contributed by atoms with Gasteiger partial charge in [-0.3, -0.25) is 10.1 Å². The molecule has 1 amide bonds. The van der Waals surface area contributed by atoms with Crippen LogP contribution in [0.15, 0.2) is 12.1 Å². The van der Waals surface area contributed by atoms with Gasteiger partial charge >= 0.3 is 0 Å². The van der Waals surface area contributed by atoms with Crippen LogP contribution >= 0.6 is 47.4 Å². The van der Waals surface area contributed by atoms with Gasteiger partial charge in [0, 0.05) is 17.3 Å². The summed E-state index contributed by atoms with van der Waals surface area (Å²) in [6.45, 7) is 0. The first-order valence-electron chi connectivity index (χ1n) is 4.88. The highest BCUT2D eigenvalue weighted by atomic mass is 35.5. The lowest BCUT2D eigenvalue weighted by Crippen LogP contribution is -2.37. The topological polar surface area (TPSA) is 61.4 Å². The third-order valence-corrected chi connectivity index (χ3v) is 3.83. The number of thioether (sulfide) groups is 1. The summed E-state index contributed by atoms with van der Waals surface area (Å²) < 4.78 is 0. The van der Waals surface area contributed by atoms with Crippen molar-refractivity contribution in [2.75, 3.05) is 16.9 Å². The fraction of sp³-hybridized carbons (Fsp3) is 0.300. The number of nitrogens with one attached hydrogen (secondary N) is 2. The molecule has 1 aromatic carbocycles. The van der Waals surface area contributed by atoms with Gasteiger partial charge in [-0.2, -0.15) is 0 Å². The minimum Gasteiger partial charge on any atom is -0.505 e. The number of carbonyl (C=O) groups excluding carboxylic acids is 1. The van der Waals surface area contributed by atoms with E-state index in [0.29, 0.717) is 5.69 Å². The zero-order chi connectivity index (χ0) is 12.4. The molecule has 1 saturated heterocycles. The van der Waals surface area contributed by atoms with Gasteiger partial charge in [-0.05, 0) is 12.1 Å². The second-order valence-corrected chi connectivity index (χ2v) is 5.39. The molecule has 100 valence electrons. The fourth-order valence-electron chi connectivity index (χ4n) is 1.43. The molecule has 0 saturated carbocycles. The largest absolute Gasteiger partial charge is 0.505 e. The summed E-state index contributed by atoms with van der Waals surface area (Å²) in [5.41, 5.74) is 0.474. The molecule has 1 heterocycles. The third kappa shape index (κ3) is 3.59. The molecular formula is C10H11Cl3N2O2S. The first-order chi connectivity index (χ1) is 8.08. The van der Waals surface area contributed by atoms with Crippen LogP contribution in [0.25, 0.3) is 0 Å². The Hall–Kier alpha value is -0.330. The molecule has 0 aromatic heterocycles. The smallest absolute Gasteiger partial charge is 0.242 e. The maximum atomic E-state index is 11.8. The van der Waals surface area contributed by atoms with Crippen molar-refractivity contribution >= 4 is 59.0 Å². The van der Waals surface area contributed by atoms with Crippen LogP contribution in [0.3, 0.4) is 0 Å². The van der Waals surface area contributed by atoms with Crippen molar-refractivity contribution < 1.29 is 9.90 Å². The summed E-state index contributed by atoms with van der Waals surface area (Å²) in [6, 6.07) is 2.72. The summed E-state index contributed by atoms with van der Waals surface area (Å²) >= 11 is 13.2. The highest BCUT2D eigenvalue weighted by Crippen LogP contribution is 2.34. The van der Waals surface area contributed by atoms with Crippen LogP contribution in [0.4, 0.5) is 5.69 Å². The molecule has 2 rings (SSSR count). The molecule has 1 aromatic rings. The number of phenols is 1. The van der Waals surface area contributed by atoms with Crippen LogP contribution in [0.2, 0.25) is 10.0 Å². The van der Waals surface area contributed by atoms with E-state index in [-0.39, 0.29) is 40.2 Å². The van der Waals surface area contributed by atoms with Gasteiger partial charge in [-0.15, -0.1) is 24.2 Å². The summed E-state index contributed by atoms with van der Waals surface area (Å²) in [5.74, 6) is 1.20. The standard InChI is InChI=1S/C10H10Cl2N2O2S.ClH/c11-6-1-5(2-7(12)9(6)15)14-10(16)8-3-17-4-13-8;/h1-2,8,13,15H,3-4H2,(H,14,16);1H. The van der Waals surface area contributed by atoms with Crippen molar-refractivity contribution in [1.82, 2.24) is 5.32 Å². The zero-order valence-corrected chi connectivity index (χ0v) is 12.2. The van der Waals surface area contributed by atoms with E-state index < -0.39 is 0 Å². The van der Waals surface area contributed by atoms with Crippen LogP contribution < -0.4 is 10.6 Å². The number of carbonyl (C=O) groups is 1. The van der Waals surface area contributed by atoms with Gasteiger partial charge in [0.2, 0.25) is 5.91 Å². The van der Waals surface area contributed by atoms with Crippen molar-refractivity contribution in [3.05, 3.63) is 22.2 Å². The van der Waals surface area contributed by atoms with Crippen molar-refractivity contribution in [3.63, 3.8) is 0 Å². The van der Waals surface area contributed by atoms with E-state index in [1.54, 1.807) is 11.8 Å². The Morgan fingerprint density at radius 3 is 2.56 bits per heavy atom. The number of hydrogen-bond acceptors (Lipinski definition) is 4. The van der Waals surface area contributed by atoms with E-state index in [1.807, 2.05) is 0 Å². The SMILES string of the molecule is Cl.O=C(Nc1cc(Cl)c(O)c(Cl)c1)C1CSCN1. The first-order valence-corrected chi connectivity index (χ1v) is 6.79. The number of rotatable bonds is 2. The number of amides is 1. The summed E-state index contributed by atoms with van der Waals surface area (Å²) in [5, 5.41) is 15.4. The molecule has 1 atom stereocenters. The molecule has 0 spiro atoms. The maximum Gasteiger partial charge on any atom is 0.242 e. The number of anilines is 1. The molecule has 0 bridgehead atoms. The molecule has 0 aliphatic carbocycles. The van der Waals surface area contributed by atoms with Crippen molar-refractivity contribution in [1.29, 1.82) is 0 Å². The molecule has 1 aliphatic heterocycles. The quantitative estimate of drug-likeness (QED) is 0.730. The average molecular weight is 330 g/mol. The van der Waals surface area contributed by atoms with Gasteiger partial charge in [0.1, 0.15) is 0 Å². The summed E-state index contributed by atoms with van der Waals surface area (Å²) in [7, 11) is 0. The Morgan fingerprint density at radius 1 is 1.44 bits per heavy atom. The van der Waals surface area contributed by atoms with Crippen molar-refractivity contribution in [2.45, 2.75) is 6.04 Å². The highest BCUT2D eigenvalue weighted by Gasteiger charge is 2.22. The number of benzene rings is 1. The van der Waals surface area contributed by atoms with Gasteiger partial charge in [0.05, 0.1) is 16.1 Å². The van der Waals surface area contributed by atoms with E-state index in [4.69, 9.17) is 23.2 Å². The number of hydrogen-bond donors (Lipinski definition) is 3. The highest BCUT2D eigenvalue weighted by molar-refractivity contribution is 7.99. The monoisotopic (exact) mass is 328 g/mol. The molecular weight excluding hydrogens is 319 g/mol. The van der Waals surface area contributed by atoms with E-state index in [1.165, 1.54) is 12.1 Å². The fourth-order valence-corrected chi connectivity index (χ4v) is 2.86. The van der Waals surface area contributed by atoms with Crippen LogP contribution in [-0.4, -0.2) is 28.7 Å². The first kappa shape index (κ1) is 15.7. The Bertz CT molecular complexity index is 430. The lowest BCUT2D eigenvalue weighted by Gasteiger charge is -2.11. The van der Waals surface area contributed by atoms with Crippen molar-refractivity contribution in [2.24, 2.45) is 0 Å². The molecule has 0 radical (unpaired) electrons. The van der Waals surface area contributed by atoms with E-state index >= 15 is 0 Å². The zero-order valence-electron chi connectivity index (χ0n) is 9.07. The lowest BCUT2D eigenvalue weighted by atomic mass is 10.2. The molecule has 1 unspecified atom stereocenters. The van der Waals surface area contributed by atoms with Crippen LogP contribution in [-0.2, 0) is 4.79 Å². The molecule has 3 N–H and O–H groups in total. The lowest BCUT2D eigenvalue weighted by molar-refractivity contribution is -0.117. The summed E-state index contributed by atoms with van der Waals surface area (Å²) in [6.07, 6.45) is 0. The number of phenolic OH excluding ortho intramolecular Hbond substituents is 1. The minimum absolute atomic E-state index is 0. The Kier molecular flexibility index (Phi) is 5.88. The average Bonchev–Trinajstić information content (AvgIpc) is 2.79. The minimum atomic E-state index is -0.202. The van der Waals surface area contributed by atoms with Gasteiger partial charge in [-0.25, -0.2) is 0 Å². The Morgan fingerprint density at radius 2 is 2.06 bits per heavy atom.